The van der Waals surface area contributed by atoms with Gasteiger partial charge in [0.1, 0.15) is 6.61 Å². The van der Waals surface area contributed by atoms with Gasteiger partial charge in [-0.3, -0.25) is 4.79 Å². The molecule has 3 rings (SSSR count). The quantitative estimate of drug-likeness (QED) is 0.256. The highest BCUT2D eigenvalue weighted by Gasteiger charge is 2.12. The van der Waals surface area contributed by atoms with Gasteiger partial charge in [0.05, 0.1) is 24.0 Å². The van der Waals surface area contributed by atoms with E-state index < -0.39 is 5.91 Å². The minimum Gasteiger partial charge on any atom is -0.504 e. The third kappa shape index (κ3) is 5.88. The van der Waals surface area contributed by atoms with Crippen molar-refractivity contribution in [3.05, 3.63) is 80.9 Å². The number of nitrogens with one attached hydrogen (secondary N) is 1. The van der Waals surface area contributed by atoms with Crippen LogP contribution in [0.3, 0.4) is 0 Å². The fourth-order valence-electron chi connectivity index (χ4n) is 2.72. The molecule has 3 aromatic carbocycles. The molecule has 2 N–H and O–H groups in total. The van der Waals surface area contributed by atoms with E-state index in [4.69, 9.17) is 14.2 Å². The first-order valence-corrected chi connectivity index (χ1v) is 10.3. The highest BCUT2D eigenvalue weighted by Crippen LogP contribution is 2.32. The van der Waals surface area contributed by atoms with Gasteiger partial charge in [0, 0.05) is 5.56 Å². The number of hydrazone groups is 1. The zero-order valence-electron chi connectivity index (χ0n) is 17.0. The molecule has 0 saturated carbocycles. The van der Waals surface area contributed by atoms with E-state index in [0.717, 1.165) is 5.56 Å². The topological polar surface area (TPSA) is 89.4 Å². The molecule has 0 bridgehead atoms. The number of hydrogen-bond acceptors (Lipinski definition) is 6. The Bertz CT molecular complexity index is 1090. The summed E-state index contributed by atoms with van der Waals surface area (Å²) < 4.78 is 16.9. The van der Waals surface area contributed by atoms with Gasteiger partial charge in [-0.15, -0.1) is 0 Å². The number of amides is 1. The lowest BCUT2D eigenvalue weighted by Gasteiger charge is -2.12. The van der Waals surface area contributed by atoms with Crippen molar-refractivity contribution >= 4 is 34.7 Å². The molecular weight excluding hydrogens is 511 g/mol. The summed E-state index contributed by atoms with van der Waals surface area (Å²) in [6, 6.07) is 18.0. The number of carbonyl (C=O) groups is 1. The lowest BCUT2D eigenvalue weighted by Crippen LogP contribution is -2.17. The van der Waals surface area contributed by atoms with Gasteiger partial charge in [-0.2, -0.15) is 5.10 Å². The summed E-state index contributed by atoms with van der Waals surface area (Å²) in [7, 11) is 2.98. The molecule has 1 amide bonds. The second-order valence-electron chi connectivity index (χ2n) is 6.39. The Labute approximate surface area is 193 Å². The van der Waals surface area contributed by atoms with Crippen LogP contribution in [0.1, 0.15) is 21.5 Å². The number of methoxy groups -OCH3 is 2. The largest absolute Gasteiger partial charge is 0.504 e. The molecule has 0 aliphatic rings. The fraction of sp³-hybridized carbons (Fsp3) is 0.130. The van der Waals surface area contributed by atoms with E-state index in [9.17, 15) is 9.90 Å². The molecule has 8 heteroatoms. The van der Waals surface area contributed by atoms with Gasteiger partial charge in [-0.05, 0) is 64.0 Å². The molecule has 0 atom stereocenters. The second-order valence-corrected chi connectivity index (χ2v) is 7.55. The summed E-state index contributed by atoms with van der Waals surface area (Å²) in [6.07, 6.45) is 1.47. The van der Waals surface area contributed by atoms with Gasteiger partial charge in [-0.1, -0.05) is 30.3 Å². The molecule has 0 heterocycles. The Morgan fingerprint density at radius 3 is 2.48 bits per heavy atom. The van der Waals surface area contributed by atoms with Crippen LogP contribution in [0.25, 0.3) is 0 Å². The third-order valence-corrected chi connectivity index (χ3v) is 5.14. The zero-order valence-corrected chi connectivity index (χ0v) is 19.1. The molecule has 7 nitrogen and oxygen atoms in total. The summed E-state index contributed by atoms with van der Waals surface area (Å²) in [6.45, 7) is 0.391. The summed E-state index contributed by atoms with van der Waals surface area (Å²) in [4.78, 5) is 12.5. The van der Waals surface area contributed by atoms with Crippen molar-refractivity contribution in [2.75, 3.05) is 14.2 Å². The summed E-state index contributed by atoms with van der Waals surface area (Å²) >= 11 is 1.99. The zero-order chi connectivity index (χ0) is 22.2. The highest BCUT2D eigenvalue weighted by atomic mass is 127. The minimum absolute atomic E-state index is 0.0611. The van der Waals surface area contributed by atoms with Crippen LogP contribution in [-0.2, 0) is 6.61 Å². The van der Waals surface area contributed by atoms with Crippen LogP contribution >= 0.6 is 22.6 Å². The average molecular weight is 532 g/mol. The van der Waals surface area contributed by atoms with E-state index in [2.05, 4.69) is 10.5 Å². The van der Waals surface area contributed by atoms with E-state index in [0.29, 0.717) is 38.6 Å². The number of phenols is 1. The van der Waals surface area contributed by atoms with Crippen molar-refractivity contribution in [3.63, 3.8) is 0 Å². The summed E-state index contributed by atoms with van der Waals surface area (Å²) in [5.74, 6) is 0.980. The van der Waals surface area contributed by atoms with Crippen molar-refractivity contribution in [2.24, 2.45) is 5.10 Å². The van der Waals surface area contributed by atoms with Crippen molar-refractivity contribution < 1.29 is 24.1 Å². The van der Waals surface area contributed by atoms with E-state index >= 15 is 0 Å². The van der Waals surface area contributed by atoms with E-state index in [1.54, 1.807) is 30.3 Å². The highest BCUT2D eigenvalue weighted by molar-refractivity contribution is 14.1. The number of rotatable bonds is 8. The third-order valence-electron chi connectivity index (χ3n) is 4.31. The van der Waals surface area contributed by atoms with Gasteiger partial charge >= 0.3 is 0 Å². The van der Waals surface area contributed by atoms with Crippen LogP contribution in [0.5, 0.6) is 23.0 Å². The standard InChI is InChI=1S/C23H21IN2O5/c1-29-20-12-17(8-9-19(20)31-14-15-6-4-3-5-7-15)23(28)26-25-13-16-10-18(24)22(27)21(11-16)30-2/h3-13,27H,14H2,1-2H3,(H,26,28)/b25-13+. The molecule has 31 heavy (non-hydrogen) atoms. The number of carbonyl (C=O) groups excluding carboxylic acids is 1. The average Bonchev–Trinajstić information content (AvgIpc) is 2.80. The number of ether oxygens (including phenoxy) is 3. The Hall–Kier alpha value is -3.27. The number of hydrogen-bond donors (Lipinski definition) is 2. The molecule has 0 aliphatic heterocycles. The van der Waals surface area contributed by atoms with Crippen LogP contribution in [0.4, 0.5) is 0 Å². The fourth-order valence-corrected chi connectivity index (χ4v) is 3.34. The van der Waals surface area contributed by atoms with Crippen molar-refractivity contribution in [1.82, 2.24) is 5.43 Å². The van der Waals surface area contributed by atoms with Crippen molar-refractivity contribution in [1.29, 1.82) is 0 Å². The molecule has 0 aliphatic carbocycles. The van der Waals surface area contributed by atoms with Gasteiger partial charge in [-0.25, -0.2) is 5.43 Å². The lowest BCUT2D eigenvalue weighted by molar-refractivity contribution is 0.0954. The maximum absolute atomic E-state index is 12.5. The molecule has 0 radical (unpaired) electrons. The normalized spacial score (nSPS) is 10.7. The molecule has 0 spiro atoms. The lowest BCUT2D eigenvalue weighted by atomic mass is 10.2. The Balaban J connectivity index is 1.66. The van der Waals surface area contributed by atoms with Crippen molar-refractivity contribution in [2.45, 2.75) is 6.61 Å². The Morgan fingerprint density at radius 2 is 1.77 bits per heavy atom. The maximum Gasteiger partial charge on any atom is 0.271 e. The smallest absolute Gasteiger partial charge is 0.271 e. The number of nitrogens with zero attached hydrogens (tertiary/aromatic N) is 1. The van der Waals surface area contributed by atoms with Gasteiger partial charge in [0.15, 0.2) is 23.0 Å². The SMILES string of the molecule is COc1cc(C(=O)N/N=C/c2cc(I)c(O)c(OC)c2)ccc1OCc1ccccc1. The first kappa shape index (κ1) is 22.4. The first-order valence-electron chi connectivity index (χ1n) is 9.26. The van der Waals surface area contributed by atoms with Crippen LogP contribution < -0.4 is 19.6 Å². The minimum atomic E-state index is -0.399. The van der Waals surface area contributed by atoms with Gasteiger partial charge in [0.25, 0.3) is 5.91 Å². The second kappa shape index (κ2) is 10.7. The van der Waals surface area contributed by atoms with Gasteiger partial charge < -0.3 is 19.3 Å². The van der Waals surface area contributed by atoms with Crippen molar-refractivity contribution in [3.8, 4) is 23.0 Å². The van der Waals surface area contributed by atoms with Gasteiger partial charge in [0.2, 0.25) is 0 Å². The van der Waals surface area contributed by atoms with E-state index in [-0.39, 0.29) is 5.75 Å². The van der Waals surface area contributed by atoms with Crippen LogP contribution in [-0.4, -0.2) is 31.4 Å². The predicted octanol–water partition coefficient (Wildman–Crippen LogP) is 4.36. The number of phenolic OH excluding ortho intramolecular Hbond substituents is 1. The monoisotopic (exact) mass is 532 g/mol. The number of halogens is 1. The molecule has 0 unspecified atom stereocenters. The van der Waals surface area contributed by atoms with E-state index in [1.807, 2.05) is 52.9 Å². The predicted molar refractivity (Wildman–Crippen MR) is 126 cm³/mol. The Morgan fingerprint density at radius 1 is 1.03 bits per heavy atom. The van der Waals surface area contributed by atoms with Crippen LogP contribution in [0.2, 0.25) is 0 Å². The Kier molecular flexibility index (Phi) is 7.71. The molecule has 0 saturated heterocycles. The molecule has 3 aromatic rings. The molecule has 0 aromatic heterocycles. The molecule has 0 fully saturated rings. The first-order chi connectivity index (χ1) is 15.0. The molecular formula is C23H21IN2O5. The number of aromatic hydroxyl groups is 1. The summed E-state index contributed by atoms with van der Waals surface area (Å²) in [5.41, 5.74) is 4.55. The van der Waals surface area contributed by atoms with Crippen LogP contribution in [0, 0.1) is 3.57 Å². The van der Waals surface area contributed by atoms with Crippen LogP contribution in [0.15, 0.2) is 65.8 Å². The summed E-state index contributed by atoms with van der Waals surface area (Å²) in [5, 5.41) is 13.9. The molecule has 160 valence electrons. The maximum atomic E-state index is 12.5. The van der Waals surface area contributed by atoms with E-state index in [1.165, 1.54) is 20.4 Å². The number of benzene rings is 3.